The van der Waals surface area contributed by atoms with Gasteiger partial charge in [-0.15, -0.1) is 0 Å². The molecule has 0 saturated carbocycles. The Labute approximate surface area is 246 Å². The lowest BCUT2D eigenvalue weighted by Crippen LogP contribution is -2.38. The first-order valence-corrected chi connectivity index (χ1v) is 14.9. The first kappa shape index (κ1) is 26.7. The Bertz CT molecular complexity index is 1690. The Kier molecular flexibility index (Phi) is 7.17. The molecule has 42 heavy (non-hydrogen) atoms. The third-order valence-corrected chi connectivity index (χ3v) is 8.32. The molecule has 0 N–H and O–H groups in total. The van der Waals surface area contributed by atoms with E-state index in [2.05, 4.69) is 65.6 Å². The summed E-state index contributed by atoms with van der Waals surface area (Å²) in [6.45, 7) is 9.74. The SMILES string of the molecule is CC(C)n1cc(-c2ccc(-c3c4c(nn3C)CCc3cnc(Cc5cnn(CCN6CCOCC6)c5)nc3-4)cc2)cn1. The fourth-order valence-corrected chi connectivity index (χ4v) is 5.98. The summed E-state index contributed by atoms with van der Waals surface area (Å²) < 4.78 is 11.5. The molecule has 4 aromatic heterocycles. The number of nitrogens with zero attached hydrogens (tertiary/aromatic N) is 9. The van der Waals surface area contributed by atoms with Crippen molar-refractivity contribution in [3.8, 4) is 33.6 Å². The van der Waals surface area contributed by atoms with Crippen LogP contribution in [0, 0.1) is 0 Å². The van der Waals surface area contributed by atoms with Gasteiger partial charge in [-0.2, -0.15) is 15.3 Å². The zero-order chi connectivity index (χ0) is 28.6. The number of hydrogen-bond acceptors (Lipinski definition) is 7. The first-order valence-electron chi connectivity index (χ1n) is 14.9. The van der Waals surface area contributed by atoms with Crippen LogP contribution in [0.3, 0.4) is 0 Å². The molecule has 10 nitrogen and oxygen atoms in total. The van der Waals surface area contributed by atoms with Gasteiger partial charge in [-0.05, 0) is 43.4 Å². The summed E-state index contributed by atoms with van der Waals surface area (Å²) in [6, 6.07) is 9.04. The van der Waals surface area contributed by atoms with E-state index in [9.17, 15) is 0 Å². The van der Waals surface area contributed by atoms with Gasteiger partial charge >= 0.3 is 0 Å². The molecule has 1 aliphatic heterocycles. The predicted octanol–water partition coefficient (Wildman–Crippen LogP) is 4.21. The van der Waals surface area contributed by atoms with Crippen LogP contribution in [0.25, 0.3) is 33.6 Å². The molecule has 5 heterocycles. The van der Waals surface area contributed by atoms with Crippen LogP contribution in [0.2, 0.25) is 0 Å². The molecule has 0 unspecified atom stereocenters. The van der Waals surface area contributed by atoms with E-state index in [-0.39, 0.29) is 0 Å². The Morgan fingerprint density at radius 1 is 0.881 bits per heavy atom. The second kappa shape index (κ2) is 11.3. The van der Waals surface area contributed by atoms with E-state index in [0.717, 1.165) is 103 Å². The Balaban J connectivity index is 1.13. The minimum Gasteiger partial charge on any atom is -0.379 e. The van der Waals surface area contributed by atoms with Crippen molar-refractivity contribution in [2.24, 2.45) is 7.05 Å². The highest BCUT2D eigenvalue weighted by atomic mass is 16.5. The van der Waals surface area contributed by atoms with Crippen molar-refractivity contribution in [1.82, 2.24) is 44.2 Å². The number of fused-ring (bicyclic) bond motifs is 3. The number of ether oxygens (including phenoxy) is 1. The topological polar surface area (TPSA) is 91.7 Å². The van der Waals surface area contributed by atoms with E-state index in [1.54, 1.807) is 0 Å². The summed E-state index contributed by atoms with van der Waals surface area (Å²) in [6.07, 6.45) is 12.5. The average molecular weight is 564 g/mol. The normalized spacial score (nSPS) is 15.2. The van der Waals surface area contributed by atoms with Gasteiger partial charge in [-0.1, -0.05) is 24.3 Å². The molecule has 1 aromatic carbocycles. The molecule has 7 rings (SSSR count). The fourth-order valence-electron chi connectivity index (χ4n) is 5.98. The second-order valence-corrected chi connectivity index (χ2v) is 11.6. The minimum atomic E-state index is 0.336. The molecule has 0 radical (unpaired) electrons. The number of hydrogen-bond donors (Lipinski definition) is 0. The predicted molar refractivity (Wildman–Crippen MR) is 161 cm³/mol. The standard InChI is InChI=1S/C32H37N9O/c1-22(2)41-21-27(19-35-41)24-4-6-25(7-5-24)32-30-28(37-38(32)3)9-8-26-18-33-29(36-31(26)30)16-23-17-34-40(20-23)11-10-39-12-14-42-15-13-39/h4-7,17-22H,8-16H2,1-3H3. The number of aryl methyl sites for hydroxylation is 3. The summed E-state index contributed by atoms with van der Waals surface area (Å²) in [4.78, 5) is 12.3. The molecule has 0 bridgehead atoms. The number of benzene rings is 1. The van der Waals surface area contributed by atoms with Gasteiger partial charge in [0.05, 0.1) is 49.2 Å². The van der Waals surface area contributed by atoms with E-state index >= 15 is 0 Å². The van der Waals surface area contributed by atoms with Crippen molar-refractivity contribution in [2.75, 3.05) is 32.8 Å². The lowest BCUT2D eigenvalue weighted by atomic mass is 9.91. The highest BCUT2D eigenvalue weighted by Gasteiger charge is 2.27. The molecular formula is C32H37N9O. The van der Waals surface area contributed by atoms with Crippen LogP contribution in [0.5, 0.6) is 0 Å². The molecule has 0 spiro atoms. The molecule has 1 aliphatic carbocycles. The van der Waals surface area contributed by atoms with E-state index in [4.69, 9.17) is 19.8 Å². The molecular weight excluding hydrogens is 526 g/mol. The van der Waals surface area contributed by atoms with Crippen LogP contribution in [-0.2, 0) is 37.6 Å². The van der Waals surface area contributed by atoms with Crippen molar-refractivity contribution in [3.05, 3.63) is 77.9 Å². The third-order valence-electron chi connectivity index (χ3n) is 8.32. The van der Waals surface area contributed by atoms with Gasteiger partial charge in [-0.3, -0.25) is 18.9 Å². The molecule has 5 aromatic rings. The lowest BCUT2D eigenvalue weighted by molar-refractivity contribution is 0.0359. The summed E-state index contributed by atoms with van der Waals surface area (Å²) in [7, 11) is 2.03. The first-order chi connectivity index (χ1) is 20.5. The van der Waals surface area contributed by atoms with Gasteiger partial charge < -0.3 is 4.74 Å². The van der Waals surface area contributed by atoms with Crippen molar-refractivity contribution < 1.29 is 4.74 Å². The van der Waals surface area contributed by atoms with Crippen molar-refractivity contribution >= 4 is 0 Å². The summed E-state index contributed by atoms with van der Waals surface area (Å²) in [5.74, 6) is 0.807. The lowest BCUT2D eigenvalue weighted by Gasteiger charge is -2.26. The Morgan fingerprint density at radius 2 is 1.69 bits per heavy atom. The zero-order valence-electron chi connectivity index (χ0n) is 24.6. The van der Waals surface area contributed by atoms with Crippen LogP contribution < -0.4 is 0 Å². The molecule has 0 atom stereocenters. The summed E-state index contributed by atoms with van der Waals surface area (Å²) in [5.41, 5.74) is 10.0. The van der Waals surface area contributed by atoms with Crippen LogP contribution in [-0.4, -0.2) is 77.1 Å². The van der Waals surface area contributed by atoms with Crippen molar-refractivity contribution in [2.45, 2.75) is 45.7 Å². The van der Waals surface area contributed by atoms with Gasteiger partial charge in [-0.25, -0.2) is 9.97 Å². The smallest absolute Gasteiger partial charge is 0.133 e. The van der Waals surface area contributed by atoms with Crippen LogP contribution >= 0.6 is 0 Å². The minimum absolute atomic E-state index is 0.336. The average Bonchev–Trinajstić information content (AvgIpc) is 3.75. The molecule has 10 heteroatoms. The quantitative estimate of drug-likeness (QED) is 0.279. The molecule has 216 valence electrons. The van der Waals surface area contributed by atoms with Gasteiger partial charge in [0, 0.05) is 74.4 Å². The Morgan fingerprint density at radius 3 is 2.48 bits per heavy atom. The van der Waals surface area contributed by atoms with Crippen LogP contribution in [0.4, 0.5) is 0 Å². The van der Waals surface area contributed by atoms with Gasteiger partial charge in [0.25, 0.3) is 0 Å². The third kappa shape index (κ3) is 5.28. The molecule has 1 saturated heterocycles. The maximum atomic E-state index is 5.46. The molecule has 2 aliphatic rings. The van der Waals surface area contributed by atoms with E-state index in [1.807, 2.05) is 39.7 Å². The maximum absolute atomic E-state index is 5.46. The van der Waals surface area contributed by atoms with Gasteiger partial charge in [0.2, 0.25) is 0 Å². The summed E-state index contributed by atoms with van der Waals surface area (Å²) in [5, 5.41) is 14.0. The van der Waals surface area contributed by atoms with Crippen LogP contribution in [0.1, 0.15) is 42.5 Å². The fraction of sp³-hybridized carbons (Fsp3) is 0.406. The largest absolute Gasteiger partial charge is 0.379 e. The van der Waals surface area contributed by atoms with E-state index in [1.165, 1.54) is 5.56 Å². The highest BCUT2D eigenvalue weighted by molar-refractivity contribution is 5.84. The summed E-state index contributed by atoms with van der Waals surface area (Å²) >= 11 is 0. The maximum Gasteiger partial charge on any atom is 0.133 e. The molecule has 0 amide bonds. The van der Waals surface area contributed by atoms with Crippen molar-refractivity contribution in [3.63, 3.8) is 0 Å². The highest BCUT2D eigenvalue weighted by Crippen LogP contribution is 2.39. The van der Waals surface area contributed by atoms with Gasteiger partial charge in [0.15, 0.2) is 0 Å². The van der Waals surface area contributed by atoms with E-state index < -0.39 is 0 Å². The van der Waals surface area contributed by atoms with Crippen molar-refractivity contribution in [1.29, 1.82) is 0 Å². The van der Waals surface area contributed by atoms with Gasteiger partial charge in [0.1, 0.15) is 5.82 Å². The monoisotopic (exact) mass is 563 g/mol. The van der Waals surface area contributed by atoms with E-state index in [0.29, 0.717) is 12.5 Å². The number of morpholine rings is 1. The second-order valence-electron chi connectivity index (χ2n) is 11.6. The Hall–Kier alpha value is -4.15. The number of rotatable bonds is 8. The zero-order valence-corrected chi connectivity index (χ0v) is 24.6. The molecule has 1 fully saturated rings. The number of aromatic nitrogens is 8. The van der Waals surface area contributed by atoms with Crippen LogP contribution in [0.15, 0.2) is 55.2 Å².